The molecular weight excluding hydrogens is 383 g/mol. The molecule has 0 aliphatic heterocycles. The van der Waals surface area contributed by atoms with Crippen molar-refractivity contribution in [2.24, 2.45) is 0 Å². The Kier molecular flexibility index (Phi) is 7.01. The predicted molar refractivity (Wildman–Crippen MR) is 107 cm³/mol. The molecule has 8 heteroatoms. The quantitative estimate of drug-likeness (QED) is 0.673. The molecule has 0 N–H and O–H groups in total. The molecule has 1 unspecified atom stereocenters. The molecule has 6 nitrogen and oxygen atoms in total. The molecule has 1 atom stereocenters. The Morgan fingerprint density at radius 2 is 1.75 bits per heavy atom. The van der Waals surface area contributed by atoms with Gasteiger partial charge in [0, 0.05) is 19.2 Å². The summed E-state index contributed by atoms with van der Waals surface area (Å²) in [4.78, 5) is 14.6. The molecule has 0 saturated heterocycles. The Hall–Kier alpha value is -2.61. The number of carbonyl (C=O) groups excluding carboxylic acids is 1. The fraction of sp³-hybridized carbons (Fsp3) is 0.350. The zero-order chi connectivity index (χ0) is 20.9. The van der Waals surface area contributed by atoms with Gasteiger partial charge >= 0.3 is 0 Å². The van der Waals surface area contributed by atoms with E-state index in [0.717, 1.165) is 16.1 Å². The standard InChI is InChI=1S/C20H25FN2O4S/c1-5-18(23(28(4,25)26)17-12-10-16(21)11-13-17)20(24)22(2)14-15-8-6-7-9-19(15)27-3/h6-13,18H,5,14H2,1-4H3. The van der Waals surface area contributed by atoms with E-state index < -0.39 is 21.9 Å². The van der Waals surface area contributed by atoms with Crippen LogP contribution in [-0.4, -0.2) is 45.7 Å². The lowest BCUT2D eigenvalue weighted by molar-refractivity contribution is -0.131. The van der Waals surface area contributed by atoms with Crippen molar-refractivity contribution in [1.82, 2.24) is 4.90 Å². The average molecular weight is 408 g/mol. The Bertz CT molecular complexity index is 916. The summed E-state index contributed by atoms with van der Waals surface area (Å²) in [6.45, 7) is 2.00. The first-order valence-corrected chi connectivity index (χ1v) is 10.7. The van der Waals surface area contributed by atoms with Crippen LogP contribution < -0.4 is 9.04 Å². The summed E-state index contributed by atoms with van der Waals surface area (Å²) in [7, 11) is -0.603. The number of carbonyl (C=O) groups is 1. The number of halogens is 1. The Morgan fingerprint density at radius 1 is 1.14 bits per heavy atom. The van der Waals surface area contributed by atoms with Crippen LogP contribution >= 0.6 is 0 Å². The number of benzene rings is 2. The van der Waals surface area contributed by atoms with Crippen molar-refractivity contribution < 1.29 is 22.3 Å². The van der Waals surface area contributed by atoms with Gasteiger partial charge in [-0.15, -0.1) is 0 Å². The molecule has 0 spiro atoms. The van der Waals surface area contributed by atoms with E-state index in [2.05, 4.69) is 0 Å². The maximum atomic E-state index is 13.3. The zero-order valence-electron chi connectivity index (χ0n) is 16.4. The number of nitrogens with zero attached hydrogens (tertiary/aromatic N) is 2. The number of amides is 1. The fourth-order valence-electron chi connectivity index (χ4n) is 3.05. The number of likely N-dealkylation sites (N-methyl/N-ethyl adjacent to an activating group) is 1. The third kappa shape index (κ3) is 5.01. The van der Waals surface area contributed by atoms with Crippen molar-refractivity contribution in [2.75, 3.05) is 24.7 Å². The van der Waals surface area contributed by atoms with E-state index in [-0.39, 0.29) is 24.6 Å². The van der Waals surface area contributed by atoms with E-state index >= 15 is 0 Å². The van der Waals surface area contributed by atoms with Crippen molar-refractivity contribution in [2.45, 2.75) is 25.9 Å². The lowest BCUT2D eigenvalue weighted by Crippen LogP contribution is -2.49. The number of ether oxygens (including phenoxy) is 1. The highest BCUT2D eigenvalue weighted by molar-refractivity contribution is 7.92. The van der Waals surface area contributed by atoms with E-state index in [1.54, 1.807) is 27.1 Å². The number of sulfonamides is 1. The van der Waals surface area contributed by atoms with Crippen molar-refractivity contribution in [3.05, 3.63) is 59.9 Å². The van der Waals surface area contributed by atoms with Crippen LogP contribution in [0, 0.1) is 5.82 Å². The Balaban J connectivity index is 2.34. The summed E-state index contributed by atoms with van der Waals surface area (Å²) >= 11 is 0. The molecule has 2 rings (SSSR count). The average Bonchev–Trinajstić information content (AvgIpc) is 2.66. The van der Waals surface area contributed by atoms with Crippen LogP contribution in [0.25, 0.3) is 0 Å². The molecule has 0 fully saturated rings. The van der Waals surface area contributed by atoms with Crippen LogP contribution in [0.3, 0.4) is 0 Å². The summed E-state index contributed by atoms with van der Waals surface area (Å²) in [6, 6.07) is 11.4. The number of anilines is 1. The van der Waals surface area contributed by atoms with Gasteiger partial charge in [-0.2, -0.15) is 0 Å². The molecular formula is C20H25FN2O4S. The van der Waals surface area contributed by atoms with Gasteiger partial charge in [0.2, 0.25) is 15.9 Å². The van der Waals surface area contributed by atoms with E-state index in [9.17, 15) is 17.6 Å². The molecule has 0 aromatic heterocycles. The minimum atomic E-state index is -3.77. The minimum absolute atomic E-state index is 0.245. The highest BCUT2D eigenvalue weighted by Gasteiger charge is 2.33. The maximum absolute atomic E-state index is 13.3. The molecule has 0 saturated carbocycles. The van der Waals surface area contributed by atoms with Crippen LogP contribution in [-0.2, 0) is 21.4 Å². The summed E-state index contributed by atoms with van der Waals surface area (Å²) in [5, 5.41) is 0. The van der Waals surface area contributed by atoms with Crippen molar-refractivity contribution in [1.29, 1.82) is 0 Å². The molecule has 28 heavy (non-hydrogen) atoms. The third-order valence-corrected chi connectivity index (χ3v) is 5.55. The lowest BCUT2D eigenvalue weighted by atomic mass is 10.1. The van der Waals surface area contributed by atoms with Crippen molar-refractivity contribution >= 4 is 21.6 Å². The lowest BCUT2D eigenvalue weighted by Gasteiger charge is -2.33. The second kappa shape index (κ2) is 9.05. The second-order valence-electron chi connectivity index (χ2n) is 6.47. The van der Waals surface area contributed by atoms with Crippen LogP contribution in [0.4, 0.5) is 10.1 Å². The van der Waals surface area contributed by atoms with Gasteiger partial charge in [0.15, 0.2) is 0 Å². The molecule has 0 radical (unpaired) electrons. The molecule has 0 heterocycles. The first-order chi connectivity index (χ1) is 13.2. The molecule has 0 aliphatic rings. The van der Waals surface area contributed by atoms with Crippen LogP contribution in [0.2, 0.25) is 0 Å². The SMILES string of the molecule is CCC(C(=O)N(C)Cc1ccccc1OC)N(c1ccc(F)cc1)S(C)(=O)=O. The van der Waals surface area contributed by atoms with Crippen molar-refractivity contribution in [3.63, 3.8) is 0 Å². The zero-order valence-corrected chi connectivity index (χ0v) is 17.2. The number of hydrogen-bond acceptors (Lipinski definition) is 4. The van der Waals surface area contributed by atoms with Crippen LogP contribution in [0.1, 0.15) is 18.9 Å². The second-order valence-corrected chi connectivity index (χ2v) is 8.32. The predicted octanol–water partition coefficient (Wildman–Crippen LogP) is 3.04. The van der Waals surface area contributed by atoms with E-state index in [0.29, 0.717) is 5.75 Å². The summed E-state index contributed by atoms with van der Waals surface area (Å²) in [5.41, 5.74) is 1.05. The summed E-state index contributed by atoms with van der Waals surface area (Å²) in [6.07, 6.45) is 1.30. The summed E-state index contributed by atoms with van der Waals surface area (Å²) < 4.78 is 44.5. The van der Waals surface area contributed by atoms with Gasteiger partial charge < -0.3 is 9.64 Å². The number of rotatable bonds is 8. The van der Waals surface area contributed by atoms with Gasteiger partial charge in [-0.1, -0.05) is 25.1 Å². The molecule has 2 aromatic carbocycles. The molecule has 0 aliphatic carbocycles. The van der Waals surface area contributed by atoms with Gasteiger partial charge in [0.25, 0.3) is 0 Å². The van der Waals surface area contributed by atoms with Gasteiger partial charge in [-0.05, 0) is 36.8 Å². The monoisotopic (exact) mass is 408 g/mol. The maximum Gasteiger partial charge on any atom is 0.246 e. The van der Waals surface area contributed by atoms with E-state index in [4.69, 9.17) is 4.74 Å². The van der Waals surface area contributed by atoms with E-state index in [1.165, 1.54) is 29.2 Å². The number of methoxy groups -OCH3 is 1. The highest BCUT2D eigenvalue weighted by Crippen LogP contribution is 2.25. The number of para-hydroxylation sites is 1. The van der Waals surface area contributed by atoms with Crippen LogP contribution in [0.15, 0.2) is 48.5 Å². The normalized spacial score (nSPS) is 12.3. The van der Waals surface area contributed by atoms with Gasteiger partial charge in [0.1, 0.15) is 17.6 Å². The topological polar surface area (TPSA) is 66.9 Å². The Morgan fingerprint density at radius 3 is 2.29 bits per heavy atom. The summed E-state index contributed by atoms with van der Waals surface area (Å²) in [5.74, 6) is -0.193. The largest absolute Gasteiger partial charge is 0.496 e. The van der Waals surface area contributed by atoms with Gasteiger partial charge in [0.05, 0.1) is 19.1 Å². The van der Waals surface area contributed by atoms with Gasteiger partial charge in [-0.3, -0.25) is 9.10 Å². The Labute approximate surface area is 165 Å². The van der Waals surface area contributed by atoms with Crippen molar-refractivity contribution in [3.8, 4) is 5.75 Å². The minimum Gasteiger partial charge on any atom is -0.496 e. The first-order valence-electron chi connectivity index (χ1n) is 8.80. The smallest absolute Gasteiger partial charge is 0.246 e. The number of hydrogen-bond donors (Lipinski definition) is 0. The van der Waals surface area contributed by atoms with Gasteiger partial charge in [-0.25, -0.2) is 12.8 Å². The molecule has 2 aromatic rings. The highest BCUT2D eigenvalue weighted by atomic mass is 32.2. The fourth-order valence-corrected chi connectivity index (χ4v) is 4.26. The molecule has 152 valence electrons. The van der Waals surface area contributed by atoms with E-state index in [1.807, 2.05) is 18.2 Å². The molecule has 0 bridgehead atoms. The molecule has 1 amide bonds. The first kappa shape index (κ1) is 21.7. The third-order valence-electron chi connectivity index (χ3n) is 4.37. The van der Waals surface area contributed by atoms with Crippen LogP contribution in [0.5, 0.6) is 5.75 Å².